The van der Waals surface area contributed by atoms with Gasteiger partial charge in [-0.2, -0.15) is 8.42 Å². The molecule has 27 heavy (non-hydrogen) atoms. The molecule has 0 fully saturated rings. The first-order chi connectivity index (χ1) is 12.6. The van der Waals surface area contributed by atoms with Crippen molar-refractivity contribution in [2.45, 2.75) is 23.3 Å². The number of aryl methyl sites for hydroxylation is 1. The van der Waals surface area contributed by atoms with E-state index in [-0.39, 0.29) is 14.6 Å². The third-order valence-electron chi connectivity index (χ3n) is 3.81. The third kappa shape index (κ3) is 4.03. The van der Waals surface area contributed by atoms with E-state index in [1.165, 1.54) is 24.3 Å². The van der Waals surface area contributed by atoms with Crippen LogP contribution in [-0.2, 0) is 26.6 Å². The molecule has 0 aliphatic carbocycles. The van der Waals surface area contributed by atoms with Gasteiger partial charge in [0, 0.05) is 6.54 Å². The number of sulfonamides is 2. The summed E-state index contributed by atoms with van der Waals surface area (Å²) in [5.41, 5.74) is 1.58. The molecule has 0 spiro atoms. The molecular weight excluding hydrogens is 406 g/mol. The van der Waals surface area contributed by atoms with E-state index in [1.807, 2.05) is 6.92 Å². The Morgan fingerprint density at radius 3 is 2.33 bits per heavy atom. The molecule has 10 heteroatoms. The van der Waals surface area contributed by atoms with Gasteiger partial charge in [-0.25, -0.2) is 13.6 Å². The second-order valence-electron chi connectivity index (χ2n) is 5.84. The molecule has 3 aromatic rings. The Morgan fingerprint density at radius 1 is 1.11 bits per heavy atom. The van der Waals surface area contributed by atoms with Crippen molar-refractivity contribution in [1.82, 2.24) is 4.57 Å². The number of thiazole rings is 1. The zero-order chi connectivity index (χ0) is 19.8. The lowest BCUT2D eigenvalue weighted by Crippen LogP contribution is -2.16. The normalized spacial score (nSPS) is 13.2. The molecule has 3 rings (SSSR count). The number of nitrogens with zero attached hydrogens (tertiary/aromatic N) is 2. The van der Waals surface area contributed by atoms with Crippen LogP contribution in [0.15, 0.2) is 69.3 Å². The molecule has 1 heterocycles. The van der Waals surface area contributed by atoms with Crippen molar-refractivity contribution in [3.05, 3.63) is 65.5 Å². The SMILES string of the molecule is C=CCn1c(=NS(=O)(=O)c2ccc(C)cc2)sc2cc(S(N)(=O)=O)ccc21. The monoisotopic (exact) mass is 423 g/mol. The number of rotatable bonds is 5. The zero-order valence-corrected chi connectivity index (χ0v) is 16.8. The fourth-order valence-corrected chi connectivity index (χ4v) is 5.37. The van der Waals surface area contributed by atoms with Gasteiger partial charge in [0.1, 0.15) is 0 Å². The molecule has 2 aromatic carbocycles. The average molecular weight is 424 g/mol. The molecule has 142 valence electrons. The van der Waals surface area contributed by atoms with Crippen molar-refractivity contribution >= 4 is 41.6 Å². The predicted octanol–water partition coefficient (Wildman–Crippen LogP) is 2.13. The highest BCUT2D eigenvalue weighted by Crippen LogP contribution is 2.22. The largest absolute Gasteiger partial charge is 0.312 e. The Labute approximate surface area is 161 Å². The molecule has 0 atom stereocenters. The molecule has 0 bridgehead atoms. The van der Waals surface area contributed by atoms with E-state index < -0.39 is 20.0 Å². The van der Waals surface area contributed by atoms with E-state index in [0.29, 0.717) is 16.8 Å². The Kier molecular flexibility index (Phi) is 5.08. The van der Waals surface area contributed by atoms with Crippen LogP contribution in [0.4, 0.5) is 0 Å². The smallest absolute Gasteiger partial charge is 0.285 e. The fraction of sp³-hybridized carbons (Fsp3) is 0.118. The van der Waals surface area contributed by atoms with Crippen molar-refractivity contribution < 1.29 is 16.8 Å². The van der Waals surface area contributed by atoms with Crippen LogP contribution in [0.3, 0.4) is 0 Å². The number of fused-ring (bicyclic) bond motifs is 1. The van der Waals surface area contributed by atoms with Gasteiger partial charge >= 0.3 is 0 Å². The lowest BCUT2D eigenvalue weighted by Gasteiger charge is -2.03. The van der Waals surface area contributed by atoms with Crippen LogP contribution in [0.2, 0.25) is 0 Å². The van der Waals surface area contributed by atoms with E-state index in [1.54, 1.807) is 28.8 Å². The van der Waals surface area contributed by atoms with E-state index in [9.17, 15) is 16.8 Å². The number of hydrogen-bond donors (Lipinski definition) is 1. The number of benzene rings is 2. The van der Waals surface area contributed by atoms with Crippen LogP contribution in [0.25, 0.3) is 10.2 Å². The summed E-state index contributed by atoms with van der Waals surface area (Å²) in [7, 11) is -7.78. The Hall–Kier alpha value is -2.27. The van der Waals surface area contributed by atoms with Gasteiger partial charge in [0.05, 0.1) is 20.0 Å². The second-order valence-corrected chi connectivity index (χ2v) is 10.0. The number of nitrogens with two attached hydrogens (primary N) is 1. The van der Waals surface area contributed by atoms with Crippen LogP contribution in [0.5, 0.6) is 0 Å². The summed E-state index contributed by atoms with van der Waals surface area (Å²) in [6.45, 7) is 5.86. The lowest BCUT2D eigenvalue weighted by atomic mass is 10.2. The van der Waals surface area contributed by atoms with Crippen molar-refractivity contribution in [3.8, 4) is 0 Å². The highest BCUT2D eigenvalue weighted by Gasteiger charge is 2.16. The average Bonchev–Trinajstić information content (AvgIpc) is 2.91. The van der Waals surface area contributed by atoms with Crippen LogP contribution >= 0.6 is 11.3 Å². The van der Waals surface area contributed by atoms with E-state index in [4.69, 9.17) is 5.14 Å². The van der Waals surface area contributed by atoms with Crippen molar-refractivity contribution in [1.29, 1.82) is 0 Å². The summed E-state index contributed by atoms with van der Waals surface area (Å²) in [5.74, 6) is 0. The molecule has 0 unspecified atom stereocenters. The van der Waals surface area contributed by atoms with Gasteiger partial charge in [-0.1, -0.05) is 35.1 Å². The van der Waals surface area contributed by atoms with Crippen molar-refractivity contribution in [2.75, 3.05) is 0 Å². The molecule has 0 saturated heterocycles. The first-order valence-electron chi connectivity index (χ1n) is 7.76. The maximum Gasteiger partial charge on any atom is 0.285 e. The second kappa shape index (κ2) is 7.04. The summed E-state index contributed by atoms with van der Waals surface area (Å²) in [5, 5.41) is 5.18. The third-order valence-corrected chi connectivity index (χ3v) is 7.16. The fourth-order valence-electron chi connectivity index (χ4n) is 2.47. The van der Waals surface area contributed by atoms with Gasteiger partial charge in [-0.05, 0) is 37.3 Å². The maximum atomic E-state index is 12.7. The summed E-state index contributed by atoms with van der Waals surface area (Å²) in [4.78, 5) is 0.257. The zero-order valence-electron chi connectivity index (χ0n) is 14.4. The highest BCUT2D eigenvalue weighted by molar-refractivity contribution is 7.90. The Bertz CT molecular complexity index is 1300. The van der Waals surface area contributed by atoms with Gasteiger partial charge < -0.3 is 4.57 Å². The molecule has 1 aromatic heterocycles. The lowest BCUT2D eigenvalue weighted by molar-refractivity contribution is 0.595. The molecule has 0 saturated carbocycles. The molecular formula is C17H17N3O4S3. The minimum Gasteiger partial charge on any atom is -0.312 e. The van der Waals surface area contributed by atoms with Crippen LogP contribution in [0, 0.1) is 6.92 Å². The number of allylic oxidation sites excluding steroid dienone is 1. The highest BCUT2D eigenvalue weighted by atomic mass is 32.2. The number of primary sulfonamides is 1. The number of hydrogen-bond acceptors (Lipinski definition) is 5. The van der Waals surface area contributed by atoms with Crippen LogP contribution in [0.1, 0.15) is 5.56 Å². The summed E-state index contributed by atoms with van der Waals surface area (Å²) >= 11 is 1.07. The Morgan fingerprint density at radius 2 is 1.74 bits per heavy atom. The van der Waals surface area contributed by atoms with Gasteiger partial charge in [-0.3, -0.25) is 0 Å². The molecule has 0 amide bonds. The standard InChI is InChI=1S/C17H17N3O4S3/c1-3-10-20-15-9-8-14(26(18,21)22)11-16(15)25-17(20)19-27(23,24)13-6-4-12(2)5-7-13/h3-9,11H,1,10H2,2H3,(H2,18,21,22). The van der Waals surface area contributed by atoms with Gasteiger partial charge in [0.2, 0.25) is 14.8 Å². The Balaban J connectivity index is 2.26. The molecule has 2 N–H and O–H groups in total. The van der Waals surface area contributed by atoms with Crippen molar-refractivity contribution in [3.63, 3.8) is 0 Å². The molecule has 0 aliphatic rings. The van der Waals surface area contributed by atoms with Gasteiger partial charge in [0.15, 0.2) is 0 Å². The minimum absolute atomic E-state index is 0.0463. The van der Waals surface area contributed by atoms with Crippen LogP contribution in [-0.4, -0.2) is 21.4 Å². The summed E-state index contributed by atoms with van der Waals surface area (Å²) < 4.78 is 54.6. The van der Waals surface area contributed by atoms with Crippen molar-refractivity contribution in [2.24, 2.45) is 9.54 Å². The summed E-state index contributed by atoms with van der Waals surface area (Å²) in [6.07, 6.45) is 1.61. The topological polar surface area (TPSA) is 112 Å². The van der Waals surface area contributed by atoms with E-state index in [2.05, 4.69) is 11.0 Å². The maximum absolute atomic E-state index is 12.7. The quantitative estimate of drug-likeness (QED) is 0.634. The van der Waals surface area contributed by atoms with Crippen LogP contribution < -0.4 is 9.94 Å². The first-order valence-corrected chi connectivity index (χ1v) is 11.6. The minimum atomic E-state index is -3.92. The van der Waals surface area contributed by atoms with E-state index in [0.717, 1.165) is 16.9 Å². The first kappa shape index (κ1) is 19.5. The molecule has 7 nitrogen and oxygen atoms in total. The van der Waals surface area contributed by atoms with Gasteiger partial charge in [0.25, 0.3) is 10.0 Å². The van der Waals surface area contributed by atoms with Gasteiger partial charge in [-0.15, -0.1) is 11.0 Å². The molecule has 0 aliphatic heterocycles. The summed E-state index contributed by atoms with van der Waals surface area (Å²) in [6, 6.07) is 10.8. The molecule has 0 radical (unpaired) electrons. The predicted molar refractivity (Wildman–Crippen MR) is 105 cm³/mol. The van der Waals surface area contributed by atoms with E-state index >= 15 is 0 Å². The number of aromatic nitrogens is 1.